The Bertz CT molecular complexity index is 1210. The maximum absolute atomic E-state index is 12.6. The number of esters is 1. The van der Waals surface area contributed by atoms with Crippen molar-refractivity contribution in [2.45, 2.75) is 13.8 Å². The van der Waals surface area contributed by atoms with Gasteiger partial charge in [0.25, 0.3) is 5.91 Å². The van der Waals surface area contributed by atoms with Gasteiger partial charge in [0.2, 0.25) is 0 Å². The van der Waals surface area contributed by atoms with Crippen molar-refractivity contribution in [1.82, 2.24) is 4.90 Å². The Labute approximate surface area is 192 Å². The molecule has 0 spiro atoms. The zero-order valence-electron chi connectivity index (χ0n) is 16.1. The van der Waals surface area contributed by atoms with Gasteiger partial charge in [-0.25, -0.2) is 4.79 Å². The van der Waals surface area contributed by atoms with E-state index in [0.29, 0.717) is 31.4 Å². The molecular formula is C22H16ClNO3S3. The van der Waals surface area contributed by atoms with Crippen LogP contribution in [0.25, 0.3) is 16.2 Å². The van der Waals surface area contributed by atoms with Crippen LogP contribution in [-0.4, -0.2) is 27.6 Å². The summed E-state index contributed by atoms with van der Waals surface area (Å²) in [6, 6.07) is 12.8. The smallest absolute Gasteiger partial charge is 0.355 e. The second kappa shape index (κ2) is 8.51. The van der Waals surface area contributed by atoms with Crippen LogP contribution >= 0.6 is 46.9 Å². The van der Waals surface area contributed by atoms with Crippen LogP contribution in [0.2, 0.25) is 5.02 Å². The van der Waals surface area contributed by atoms with E-state index in [1.807, 2.05) is 32.0 Å². The lowest BCUT2D eigenvalue weighted by atomic mass is 10.2. The molecule has 30 heavy (non-hydrogen) atoms. The van der Waals surface area contributed by atoms with Crippen LogP contribution in [0.5, 0.6) is 5.75 Å². The number of likely N-dealkylation sites (N-methyl/N-ethyl adjacent to an activating group) is 1. The summed E-state index contributed by atoms with van der Waals surface area (Å²) in [6.45, 7) is 4.43. The average Bonchev–Trinajstić information content (AvgIpc) is 3.18. The molecule has 4 rings (SSSR count). The lowest BCUT2D eigenvalue weighted by Gasteiger charge is -2.09. The first-order valence-corrected chi connectivity index (χ1v) is 11.6. The molecular weight excluding hydrogens is 458 g/mol. The van der Waals surface area contributed by atoms with E-state index in [0.717, 1.165) is 21.2 Å². The van der Waals surface area contributed by atoms with E-state index in [2.05, 4.69) is 0 Å². The van der Waals surface area contributed by atoms with Gasteiger partial charge in [-0.15, -0.1) is 11.3 Å². The molecule has 0 atom stereocenters. The summed E-state index contributed by atoms with van der Waals surface area (Å²) in [5, 5.41) is 1.26. The normalized spacial score (nSPS) is 15.4. The van der Waals surface area contributed by atoms with Crippen molar-refractivity contribution >= 4 is 79.3 Å². The highest BCUT2D eigenvalue weighted by Gasteiger charge is 2.30. The Morgan fingerprint density at radius 1 is 1.23 bits per heavy atom. The third-order valence-corrected chi connectivity index (χ3v) is 7.56. The second-order valence-electron chi connectivity index (χ2n) is 6.63. The van der Waals surface area contributed by atoms with Crippen molar-refractivity contribution < 1.29 is 14.3 Å². The number of thiophene rings is 1. The monoisotopic (exact) mass is 473 g/mol. The molecule has 3 aromatic rings. The Balaban J connectivity index is 1.51. The average molecular weight is 474 g/mol. The number of carbonyl (C=O) groups is 2. The van der Waals surface area contributed by atoms with Gasteiger partial charge in [0.1, 0.15) is 14.9 Å². The van der Waals surface area contributed by atoms with Gasteiger partial charge in [-0.05, 0) is 49.2 Å². The molecule has 1 fully saturated rings. The maximum Gasteiger partial charge on any atom is 0.355 e. The van der Waals surface area contributed by atoms with Crippen LogP contribution in [0.3, 0.4) is 0 Å². The van der Waals surface area contributed by atoms with Crippen molar-refractivity contribution in [1.29, 1.82) is 0 Å². The Kier molecular flexibility index (Phi) is 5.97. The van der Waals surface area contributed by atoms with Crippen LogP contribution in [0.4, 0.5) is 0 Å². The molecule has 0 radical (unpaired) electrons. The summed E-state index contributed by atoms with van der Waals surface area (Å²) in [5.41, 5.74) is 1.92. The van der Waals surface area contributed by atoms with E-state index < -0.39 is 5.97 Å². The number of carbonyl (C=O) groups excluding carboxylic acids is 2. The predicted molar refractivity (Wildman–Crippen MR) is 129 cm³/mol. The molecule has 1 saturated heterocycles. The highest BCUT2D eigenvalue weighted by molar-refractivity contribution is 8.26. The zero-order valence-corrected chi connectivity index (χ0v) is 19.3. The van der Waals surface area contributed by atoms with Crippen molar-refractivity contribution in [3.63, 3.8) is 0 Å². The number of halogens is 1. The molecule has 152 valence electrons. The van der Waals surface area contributed by atoms with E-state index >= 15 is 0 Å². The fourth-order valence-electron chi connectivity index (χ4n) is 3.01. The topological polar surface area (TPSA) is 46.6 Å². The van der Waals surface area contributed by atoms with Crippen LogP contribution in [-0.2, 0) is 4.79 Å². The molecule has 0 bridgehead atoms. The van der Waals surface area contributed by atoms with Crippen LogP contribution in [0.1, 0.15) is 27.7 Å². The molecule has 4 nitrogen and oxygen atoms in total. The fraction of sp³-hybridized carbons (Fsp3) is 0.136. The number of nitrogens with zero attached hydrogens (tertiary/aromatic N) is 1. The summed E-state index contributed by atoms with van der Waals surface area (Å²) in [5.74, 6) is -0.170. The highest BCUT2D eigenvalue weighted by Crippen LogP contribution is 2.37. The Hall–Kier alpha value is -2.19. The van der Waals surface area contributed by atoms with E-state index in [9.17, 15) is 9.59 Å². The standard InChI is InChI=1S/C22H16ClNO3S3/c1-3-24-20(25)17(30-22(24)28)11-13-5-7-14(8-6-13)27-21(26)19-18(23)15-9-4-12(2)10-16(15)29-19/h4-11H,3H2,1-2H3/b17-11-. The number of fused-ring (bicyclic) bond motifs is 1. The second-order valence-corrected chi connectivity index (χ2v) is 9.74. The molecule has 0 unspecified atom stereocenters. The molecule has 2 heterocycles. The molecule has 2 aromatic carbocycles. The summed E-state index contributed by atoms with van der Waals surface area (Å²) >= 11 is 14.2. The summed E-state index contributed by atoms with van der Waals surface area (Å²) < 4.78 is 7.02. The number of rotatable bonds is 4. The van der Waals surface area contributed by atoms with Gasteiger partial charge in [0.15, 0.2) is 0 Å². The van der Waals surface area contributed by atoms with Gasteiger partial charge in [-0.2, -0.15) is 0 Å². The predicted octanol–water partition coefficient (Wildman–Crippen LogP) is 6.30. The van der Waals surface area contributed by atoms with Crippen LogP contribution < -0.4 is 4.74 Å². The number of benzene rings is 2. The third kappa shape index (κ3) is 4.03. The largest absolute Gasteiger partial charge is 0.422 e. The summed E-state index contributed by atoms with van der Waals surface area (Å²) in [6.07, 6.45) is 1.78. The summed E-state index contributed by atoms with van der Waals surface area (Å²) in [7, 11) is 0. The lowest BCUT2D eigenvalue weighted by Crippen LogP contribution is -2.27. The van der Waals surface area contributed by atoms with Gasteiger partial charge in [0.05, 0.1) is 9.93 Å². The van der Waals surface area contributed by atoms with Crippen molar-refractivity contribution in [2.75, 3.05) is 6.54 Å². The first-order chi connectivity index (χ1) is 14.4. The maximum atomic E-state index is 12.6. The van der Waals surface area contributed by atoms with Crippen molar-refractivity contribution in [2.24, 2.45) is 0 Å². The first-order valence-electron chi connectivity index (χ1n) is 9.13. The SMILES string of the molecule is CCN1C(=O)/C(=C/c2ccc(OC(=O)c3sc4cc(C)ccc4c3Cl)cc2)SC1=S. The van der Waals surface area contributed by atoms with E-state index in [1.165, 1.54) is 23.1 Å². The fourth-order valence-corrected chi connectivity index (χ4v) is 5.88. The first kappa shape index (κ1) is 21.1. The quantitative estimate of drug-likeness (QED) is 0.192. The molecule has 8 heteroatoms. The molecule has 1 amide bonds. The van der Waals surface area contributed by atoms with Gasteiger partial charge in [-0.3, -0.25) is 9.69 Å². The van der Waals surface area contributed by atoms with Gasteiger partial charge >= 0.3 is 5.97 Å². The number of thioether (sulfide) groups is 1. The van der Waals surface area contributed by atoms with E-state index in [-0.39, 0.29) is 5.91 Å². The number of thiocarbonyl (C=S) groups is 1. The Morgan fingerprint density at radius 2 is 1.97 bits per heavy atom. The third-order valence-electron chi connectivity index (χ3n) is 4.55. The minimum absolute atomic E-state index is 0.0855. The number of hydrogen-bond acceptors (Lipinski definition) is 6. The summed E-state index contributed by atoms with van der Waals surface area (Å²) in [4.78, 5) is 27.5. The van der Waals surface area contributed by atoms with Crippen LogP contribution in [0, 0.1) is 6.92 Å². The van der Waals surface area contributed by atoms with Crippen molar-refractivity contribution in [3.8, 4) is 5.75 Å². The number of aryl methyl sites for hydroxylation is 1. The van der Waals surface area contributed by atoms with Crippen LogP contribution in [0.15, 0.2) is 47.4 Å². The number of ether oxygens (including phenoxy) is 1. The van der Waals surface area contributed by atoms with Gasteiger partial charge in [-0.1, -0.05) is 59.8 Å². The van der Waals surface area contributed by atoms with Gasteiger partial charge < -0.3 is 4.74 Å². The minimum Gasteiger partial charge on any atom is -0.422 e. The lowest BCUT2D eigenvalue weighted by molar-refractivity contribution is -0.121. The number of amides is 1. The van der Waals surface area contributed by atoms with E-state index in [1.54, 1.807) is 35.2 Å². The molecule has 1 aliphatic rings. The molecule has 0 aliphatic carbocycles. The van der Waals surface area contributed by atoms with Crippen molar-refractivity contribution in [3.05, 3.63) is 68.4 Å². The molecule has 1 aromatic heterocycles. The Morgan fingerprint density at radius 3 is 2.63 bits per heavy atom. The molecule has 0 N–H and O–H groups in total. The highest BCUT2D eigenvalue weighted by atomic mass is 35.5. The zero-order chi connectivity index (χ0) is 21.4. The minimum atomic E-state index is -0.490. The van der Waals surface area contributed by atoms with E-state index in [4.69, 9.17) is 28.6 Å². The molecule has 0 saturated carbocycles. The number of hydrogen-bond donors (Lipinski definition) is 0. The molecule has 1 aliphatic heterocycles. The van der Waals surface area contributed by atoms with Gasteiger partial charge in [0, 0.05) is 16.6 Å².